The molecule has 0 saturated heterocycles. The van der Waals surface area contributed by atoms with Crippen LogP contribution < -0.4 is 23.2 Å². The van der Waals surface area contributed by atoms with E-state index in [4.69, 9.17) is 14.2 Å². The second kappa shape index (κ2) is 5.24. The Labute approximate surface area is 133 Å². The molecule has 0 aromatic heterocycles. The Morgan fingerprint density at radius 3 is 2.70 bits per heavy atom. The van der Waals surface area contributed by atoms with Gasteiger partial charge in [0.1, 0.15) is 12.4 Å². The molecular formula is C15H14N2O5S. The maximum Gasteiger partial charge on any atom is 0.324 e. The lowest BCUT2D eigenvalue weighted by Crippen LogP contribution is -2.41. The summed E-state index contributed by atoms with van der Waals surface area (Å²) in [7, 11) is -3.76. The van der Waals surface area contributed by atoms with Crippen molar-refractivity contribution in [1.29, 1.82) is 0 Å². The molecule has 2 aliphatic heterocycles. The number of hydrogen-bond acceptors (Lipinski definition) is 5. The van der Waals surface area contributed by atoms with Crippen LogP contribution in [-0.4, -0.2) is 28.4 Å². The number of rotatable bonds is 3. The van der Waals surface area contributed by atoms with Gasteiger partial charge in [-0.2, -0.15) is 8.42 Å². The first-order valence-electron chi connectivity index (χ1n) is 7.05. The molecule has 7 nitrogen and oxygen atoms in total. The zero-order valence-electron chi connectivity index (χ0n) is 12.1. The van der Waals surface area contributed by atoms with Crippen LogP contribution in [0.5, 0.6) is 17.2 Å². The zero-order valence-corrected chi connectivity index (χ0v) is 12.9. The monoisotopic (exact) mass is 334 g/mol. The van der Waals surface area contributed by atoms with Crippen molar-refractivity contribution in [2.75, 3.05) is 29.0 Å². The number of ether oxygens (including phenoxy) is 3. The van der Waals surface area contributed by atoms with E-state index in [1.54, 1.807) is 42.5 Å². The minimum atomic E-state index is -3.76. The molecular weight excluding hydrogens is 320 g/mol. The Hall–Kier alpha value is -2.61. The van der Waals surface area contributed by atoms with Crippen molar-refractivity contribution in [2.24, 2.45) is 0 Å². The molecule has 0 atom stereocenters. The molecule has 120 valence electrons. The second-order valence-electron chi connectivity index (χ2n) is 5.06. The van der Waals surface area contributed by atoms with Gasteiger partial charge in [-0.25, -0.2) is 4.31 Å². The van der Waals surface area contributed by atoms with Crippen molar-refractivity contribution in [3.8, 4) is 17.2 Å². The minimum absolute atomic E-state index is 0.141. The third-order valence-electron chi connectivity index (χ3n) is 3.60. The SMILES string of the molecule is O=S(=O)(Nc1ccc2c(c1)OCO2)N1CCOc2ccccc21. The van der Waals surface area contributed by atoms with Gasteiger partial charge in [-0.15, -0.1) is 0 Å². The normalized spacial score (nSPS) is 15.7. The van der Waals surface area contributed by atoms with Crippen molar-refractivity contribution in [1.82, 2.24) is 0 Å². The summed E-state index contributed by atoms with van der Waals surface area (Å²) in [6.07, 6.45) is 0. The largest absolute Gasteiger partial charge is 0.489 e. The molecule has 4 rings (SSSR count). The molecule has 23 heavy (non-hydrogen) atoms. The average Bonchev–Trinajstić information content (AvgIpc) is 3.01. The number of para-hydroxylation sites is 2. The average molecular weight is 334 g/mol. The van der Waals surface area contributed by atoms with E-state index in [-0.39, 0.29) is 13.3 Å². The van der Waals surface area contributed by atoms with Crippen molar-refractivity contribution in [3.63, 3.8) is 0 Å². The molecule has 0 spiro atoms. The Morgan fingerprint density at radius 2 is 1.78 bits per heavy atom. The summed E-state index contributed by atoms with van der Waals surface area (Å²) < 4.78 is 45.3. The van der Waals surface area contributed by atoms with Gasteiger partial charge in [0.05, 0.1) is 17.9 Å². The quantitative estimate of drug-likeness (QED) is 0.929. The van der Waals surface area contributed by atoms with Gasteiger partial charge in [-0.1, -0.05) is 12.1 Å². The van der Waals surface area contributed by atoms with Gasteiger partial charge in [0, 0.05) is 6.07 Å². The summed E-state index contributed by atoms with van der Waals surface area (Å²) in [6, 6.07) is 12.0. The molecule has 2 aliphatic rings. The highest BCUT2D eigenvalue weighted by Gasteiger charge is 2.28. The van der Waals surface area contributed by atoms with Crippen molar-refractivity contribution >= 4 is 21.6 Å². The first-order chi connectivity index (χ1) is 11.1. The number of nitrogens with one attached hydrogen (secondary N) is 1. The molecule has 0 unspecified atom stereocenters. The molecule has 0 radical (unpaired) electrons. The van der Waals surface area contributed by atoms with Gasteiger partial charge in [0.15, 0.2) is 11.5 Å². The smallest absolute Gasteiger partial charge is 0.324 e. The summed E-state index contributed by atoms with van der Waals surface area (Å²) >= 11 is 0. The number of benzene rings is 2. The maximum atomic E-state index is 12.7. The fourth-order valence-corrected chi connectivity index (χ4v) is 3.82. The van der Waals surface area contributed by atoms with Crippen molar-refractivity contribution < 1.29 is 22.6 Å². The molecule has 0 fully saturated rings. The standard InChI is InChI=1S/C15H14N2O5S/c18-23(19,16-11-5-6-14-15(9-11)22-10-21-14)17-7-8-20-13-4-2-1-3-12(13)17/h1-6,9,16H,7-8,10H2. The van der Waals surface area contributed by atoms with Crippen LogP contribution in [0.15, 0.2) is 42.5 Å². The van der Waals surface area contributed by atoms with Crippen LogP contribution in [0.2, 0.25) is 0 Å². The maximum absolute atomic E-state index is 12.7. The van der Waals surface area contributed by atoms with Crippen LogP contribution >= 0.6 is 0 Å². The number of fused-ring (bicyclic) bond motifs is 2. The summed E-state index contributed by atoms with van der Waals surface area (Å²) in [6.45, 7) is 0.693. The van der Waals surface area contributed by atoms with E-state index in [2.05, 4.69) is 4.72 Å². The number of nitrogens with zero attached hydrogens (tertiary/aromatic N) is 1. The van der Waals surface area contributed by atoms with E-state index in [1.165, 1.54) is 4.31 Å². The molecule has 2 aromatic carbocycles. The minimum Gasteiger partial charge on any atom is -0.489 e. The summed E-state index contributed by atoms with van der Waals surface area (Å²) in [5, 5.41) is 0. The third-order valence-corrected chi connectivity index (χ3v) is 5.05. The molecule has 8 heteroatoms. The van der Waals surface area contributed by atoms with E-state index in [1.807, 2.05) is 0 Å². The van der Waals surface area contributed by atoms with Gasteiger partial charge < -0.3 is 14.2 Å². The third kappa shape index (κ3) is 2.50. The van der Waals surface area contributed by atoms with Crippen LogP contribution in [0.4, 0.5) is 11.4 Å². The highest BCUT2D eigenvalue weighted by molar-refractivity contribution is 7.94. The molecule has 0 saturated carbocycles. The number of hydrogen-bond donors (Lipinski definition) is 1. The van der Waals surface area contributed by atoms with E-state index in [0.29, 0.717) is 35.2 Å². The van der Waals surface area contributed by atoms with Crippen LogP contribution in [-0.2, 0) is 10.2 Å². The van der Waals surface area contributed by atoms with Crippen LogP contribution in [0, 0.1) is 0 Å². The fourth-order valence-electron chi connectivity index (χ4n) is 2.56. The van der Waals surface area contributed by atoms with Gasteiger partial charge in [0.2, 0.25) is 6.79 Å². The Kier molecular flexibility index (Phi) is 3.19. The molecule has 2 heterocycles. The molecule has 0 amide bonds. The Bertz CT molecular complexity index is 853. The van der Waals surface area contributed by atoms with E-state index in [9.17, 15) is 8.42 Å². The lowest BCUT2D eigenvalue weighted by molar-refractivity contribution is 0.174. The van der Waals surface area contributed by atoms with Gasteiger partial charge in [-0.05, 0) is 24.3 Å². The van der Waals surface area contributed by atoms with Gasteiger partial charge in [-0.3, -0.25) is 4.72 Å². The van der Waals surface area contributed by atoms with Crippen LogP contribution in [0.25, 0.3) is 0 Å². The van der Waals surface area contributed by atoms with E-state index >= 15 is 0 Å². The summed E-state index contributed by atoms with van der Waals surface area (Å²) in [4.78, 5) is 0. The predicted octanol–water partition coefficient (Wildman–Crippen LogP) is 1.97. The van der Waals surface area contributed by atoms with Crippen LogP contribution in [0.3, 0.4) is 0 Å². The topological polar surface area (TPSA) is 77.1 Å². The van der Waals surface area contributed by atoms with Crippen molar-refractivity contribution in [3.05, 3.63) is 42.5 Å². The first kappa shape index (κ1) is 14.0. The number of anilines is 2. The Balaban J connectivity index is 1.64. The predicted molar refractivity (Wildman–Crippen MR) is 84.4 cm³/mol. The molecule has 0 bridgehead atoms. The fraction of sp³-hybridized carbons (Fsp3) is 0.200. The highest BCUT2D eigenvalue weighted by Crippen LogP contribution is 2.36. The highest BCUT2D eigenvalue weighted by atomic mass is 32.2. The van der Waals surface area contributed by atoms with Gasteiger partial charge >= 0.3 is 10.2 Å². The zero-order chi connectivity index (χ0) is 15.9. The summed E-state index contributed by atoms with van der Waals surface area (Å²) in [5.74, 6) is 1.67. The second-order valence-corrected chi connectivity index (χ2v) is 6.66. The molecule has 1 N–H and O–H groups in total. The van der Waals surface area contributed by atoms with Crippen LogP contribution in [0.1, 0.15) is 0 Å². The first-order valence-corrected chi connectivity index (χ1v) is 8.49. The van der Waals surface area contributed by atoms with Crippen molar-refractivity contribution in [2.45, 2.75) is 0 Å². The lowest BCUT2D eigenvalue weighted by Gasteiger charge is -2.30. The molecule has 0 aliphatic carbocycles. The molecule has 2 aromatic rings. The van der Waals surface area contributed by atoms with E-state index < -0.39 is 10.2 Å². The van der Waals surface area contributed by atoms with E-state index in [0.717, 1.165) is 0 Å². The van der Waals surface area contributed by atoms with Gasteiger partial charge in [0.25, 0.3) is 0 Å². The Morgan fingerprint density at radius 1 is 0.957 bits per heavy atom. The summed E-state index contributed by atoms with van der Waals surface area (Å²) in [5.41, 5.74) is 0.935. The lowest BCUT2D eigenvalue weighted by atomic mass is 10.2.